The molecule has 0 fully saturated rings. The molecular formula is C13H27NO4. The van der Waals surface area contributed by atoms with Crippen LogP contribution in [0.1, 0.15) is 54.4 Å². The number of carbonyl (C=O) groups is 1. The van der Waals surface area contributed by atoms with E-state index in [1.807, 2.05) is 41.5 Å². The van der Waals surface area contributed by atoms with Crippen LogP contribution in [0.3, 0.4) is 0 Å². The molecule has 5 nitrogen and oxygen atoms in total. The summed E-state index contributed by atoms with van der Waals surface area (Å²) in [6, 6.07) is -0.560. The van der Waals surface area contributed by atoms with E-state index in [2.05, 4.69) is 5.48 Å². The lowest BCUT2D eigenvalue weighted by atomic mass is 10.1. The molecule has 0 aliphatic rings. The van der Waals surface area contributed by atoms with Gasteiger partial charge in [0.15, 0.2) is 0 Å². The fourth-order valence-corrected chi connectivity index (χ4v) is 1.14. The molecule has 108 valence electrons. The average Bonchev–Trinajstić information content (AvgIpc) is 2.13. The minimum absolute atomic E-state index is 0.0382. The van der Waals surface area contributed by atoms with Gasteiger partial charge >= 0.3 is 5.97 Å². The van der Waals surface area contributed by atoms with Crippen LogP contribution < -0.4 is 5.48 Å². The Hall–Kier alpha value is -0.650. The van der Waals surface area contributed by atoms with E-state index >= 15 is 0 Å². The van der Waals surface area contributed by atoms with E-state index in [1.54, 1.807) is 0 Å². The molecule has 0 heterocycles. The normalized spacial score (nSPS) is 14.4. The first-order valence-corrected chi connectivity index (χ1v) is 6.32. The lowest BCUT2D eigenvalue weighted by molar-refractivity contribution is -0.167. The predicted molar refractivity (Wildman–Crippen MR) is 69.9 cm³/mol. The van der Waals surface area contributed by atoms with Gasteiger partial charge in [-0.3, -0.25) is 9.63 Å². The summed E-state index contributed by atoms with van der Waals surface area (Å²) in [5, 5.41) is 8.84. The van der Waals surface area contributed by atoms with Gasteiger partial charge in [0.2, 0.25) is 0 Å². The van der Waals surface area contributed by atoms with E-state index in [0.29, 0.717) is 12.8 Å². The molecule has 0 aliphatic heterocycles. The number of hydrogen-bond acceptors (Lipinski definition) is 5. The summed E-state index contributed by atoms with van der Waals surface area (Å²) in [6.07, 6.45) is 0.992. The van der Waals surface area contributed by atoms with Crippen LogP contribution in [0.4, 0.5) is 0 Å². The summed E-state index contributed by atoms with van der Waals surface area (Å²) >= 11 is 0. The Morgan fingerprint density at radius 2 is 1.72 bits per heavy atom. The minimum Gasteiger partial charge on any atom is -0.459 e. The van der Waals surface area contributed by atoms with Crippen molar-refractivity contribution in [2.45, 2.75) is 71.6 Å². The zero-order chi connectivity index (χ0) is 14.4. The maximum Gasteiger partial charge on any atom is 0.325 e. The summed E-state index contributed by atoms with van der Waals surface area (Å²) in [5.41, 5.74) is 1.81. The van der Waals surface area contributed by atoms with Crippen molar-refractivity contribution in [2.75, 3.05) is 6.61 Å². The summed E-state index contributed by atoms with van der Waals surface area (Å²) in [7, 11) is 0. The Bertz CT molecular complexity index is 253. The molecule has 18 heavy (non-hydrogen) atoms. The molecule has 5 heteroatoms. The number of aliphatic hydroxyl groups excluding tert-OH is 1. The molecule has 0 aromatic heterocycles. The lowest BCUT2D eigenvalue weighted by Gasteiger charge is -2.27. The molecule has 0 aromatic rings. The van der Waals surface area contributed by atoms with Crippen LogP contribution in [-0.2, 0) is 14.4 Å². The fraction of sp³-hybridized carbons (Fsp3) is 0.923. The van der Waals surface area contributed by atoms with Gasteiger partial charge in [-0.25, -0.2) is 0 Å². The quantitative estimate of drug-likeness (QED) is 0.563. The lowest BCUT2D eigenvalue weighted by Crippen LogP contribution is -2.44. The predicted octanol–water partition coefficient (Wildman–Crippen LogP) is 1.79. The van der Waals surface area contributed by atoms with Crippen LogP contribution in [-0.4, -0.2) is 34.9 Å². The van der Waals surface area contributed by atoms with E-state index < -0.39 is 11.6 Å². The fourth-order valence-electron chi connectivity index (χ4n) is 1.14. The van der Waals surface area contributed by atoms with Crippen molar-refractivity contribution < 1.29 is 19.5 Å². The van der Waals surface area contributed by atoms with Gasteiger partial charge in [0.1, 0.15) is 11.6 Å². The summed E-state index contributed by atoms with van der Waals surface area (Å²) in [5.74, 6) is -0.361. The van der Waals surface area contributed by atoms with E-state index in [-0.39, 0.29) is 18.2 Å². The van der Waals surface area contributed by atoms with E-state index in [9.17, 15) is 4.79 Å². The second-order valence-electron chi connectivity index (χ2n) is 6.28. The van der Waals surface area contributed by atoms with Crippen LogP contribution in [0.25, 0.3) is 0 Å². The molecule has 2 N–H and O–H groups in total. The third-order valence-corrected chi connectivity index (χ3v) is 1.85. The van der Waals surface area contributed by atoms with Gasteiger partial charge in [0, 0.05) is 6.61 Å². The summed E-state index contributed by atoms with van der Waals surface area (Å²) in [6.45, 7) is 11.2. The monoisotopic (exact) mass is 261 g/mol. The van der Waals surface area contributed by atoms with Crippen LogP contribution in [0, 0.1) is 0 Å². The van der Waals surface area contributed by atoms with Crippen molar-refractivity contribution in [3.8, 4) is 0 Å². The highest BCUT2D eigenvalue weighted by molar-refractivity contribution is 5.75. The molecule has 0 unspecified atom stereocenters. The minimum atomic E-state index is -0.560. The zero-order valence-electron chi connectivity index (χ0n) is 12.4. The number of carbonyl (C=O) groups excluding carboxylic acids is 1. The molecule has 0 saturated heterocycles. The van der Waals surface area contributed by atoms with Gasteiger partial charge in [-0.05, 0) is 54.4 Å². The van der Waals surface area contributed by atoms with Crippen LogP contribution in [0.5, 0.6) is 0 Å². The van der Waals surface area contributed by atoms with Gasteiger partial charge in [-0.15, -0.1) is 0 Å². The second-order valence-corrected chi connectivity index (χ2v) is 6.28. The summed E-state index contributed by atoms with van der Waals surface area (Å²) in [4.78, 5) is 17.3. The molecular weight excluding hydrogens is 234 g/mol. The van der Waals surface area contributed by atoms with Gasteiger partial charge in [0.05, 0.1) is 5.60 Å². The van der Waals surface area contributed by atoms with E-state index in [4.69, 9.17) is 14.7 Å². The molecule has 0 radical (unpaired) electrons. The average molecular weight is 261 g/mol. The van der Waals surface area contributed by atoms with Gasteiger partial charge in [-0.1, -0.05) is 0 Å². The Morgan fingerprint density at radius 1 is 1.17 bits per heavy atom. The highest BCUT2D eigenvalue weighted by Crippen LogP contribution is 2.12. The third kappa shape index (κ3) is 9.39. The Balaban J connectivity index is 4.42. The highest BCUT2D eigenvalue weighted by atomic mass is 16.7. The highest BCUT2D eigenvalue weighted by Gasteiger charge is 2.26. The number of hydroxylamine groups is 1. The molecule has 1 atom stereocenters. The zero-order valence-corrected chi connectivity index (χ0v) is 12.4. The van der Waals surface area contributed by atoms with Crippen molar-refractivity contribution in [3.63, 3.8) is 0 Å². The van der Waals surface area contributed by atoms with Crippen LogP contribution in [0.15, 0.2) is 0 Å². The number of aliphatic hydroxyl groups is 1. The molecule has 0 bridgehead atoms. The van der Waals surface area contributed by atoms with Crippen LogP contribution in [0.2, 0.25) is 0 Å². The largest absolute Gasteiger partial charge is 0.459 e. The van der Waals surface area contributed by atoms with Crippen LogP contribution >= 0.6 is 0 Å². The standard InChI is InChI=1S/C13H27NO4/c1-12(2,3)17-11(16)10(8-7-9-15)14-18-13(4,5)6/h10,14-15H,7-9H2,1-6H3/t10-/m0/s1. The maximum atomic E-state index is 11.9. The third-order valence-electron chi connectivity index (χ3n) is 1.85. The number of ether oxygens (including phenoxy) is 1. The maximum absolute atomic E-state index is 11.9. The molecule has 0 amide bonds. The van der Waals surface area contributed by atoms with Gasteiger partial charge in [-0.2, -0.15) is 5.48 Å². The van der Waals surface area contributed by atoms with E-state index in [0.717, 1.165) is 0 Å². The van der Waals surface area contributed by atoms with E-state index in [1.165, 1.54) is 0 Å². The van der Waals surface area contributed by atoms with Gasteiger partial charge < -0.3 is 9.84 Å². The SMILES string of the molecule is CC(C)(C)ON[C@@H](CCCO)C(=O)OC(C)(C)C. The first-order valence-electron chi connectivity index (χ1n) is 6.32. The summed E-state index contributed by atoms with van der Waals surface area (Å²) < 4.78 is 5.30. The Labute approximate surface area is 110 Å². The topological polar surface area (TPSA) is 67.8 Å². The molecule has 0 spiro atoms. The Kier molecular flexibility index (Phi) is 6.81. The number of hydrogen-bond donors (Lipinski definition) is 2. The molecule has 0 aliphatic carbocycles. The smallest absolute Gasteiger partial charge is 0.325 e. The van der Waals surface area contributed by atoms with Crippen molar-refractivity contribution in [1.82, 2.24) is 5.48 Å². The number of rotatable bonds is 6. The first-order chi connectivity index (χ1) is 8.05. The van der Waals surface area contributed by atoms with Crippen molar-refractivity contribution in [1.29, 1.82) is 0 Å². The van der Waals surface area contributed by atoms with Gasteiger partial charge in [0.25, 0.3) is 0 Å². The van der Waals surface area contributed by atoms with Crippen molar-refractivity contribution >= 4 is 5.97 Å². The number of nitrogens with one attached hydrogen (secondary N) is 1. The van der Waals surface area contributed by atoms with Crippen molar-refractivity contribution in [3.05, 3.63) is 0 Å². The number of esters is 1. The molecule has 0 rings (SSSR count). The Morgan fingerprint density at radius 3 is 2.11 bits per heavy atom. The first kappa shape index (κ1) is 17.4. The molecule has 0 aromatic carbocycles. The van der Waals surface area contributed by atoms with Crippen molar-refractivity contribution in [2.24, 2.45) is 0 Å². The second kappa shape index (κ2) is 7.07. The molecule has 0 saturated carbocycles.